The lowest BCUT2D eigenvalue weighted by molar-refractivity contribution is 0.562. The molecule has 1 aliphatic rings. The number of sulfonamides is 2. The summed E-state index contributed by atoms with van der Waals surface area (Å²) in [6.45, 7) is 0.682. The Hall–Kier alpha value is -1.84. The van der Waals surface area contributed by atoms with Crippen LogP contribution in [0.3, 0.4) is 0 Å². The summed E-state index contributed by atoms with van der Waals surface area (Å²) in [7, 11) is -6.94. The number of nitrogens with zero attached hydrogens (tertiary/aromatic N) is 1. The Bertz CT molecular complexity index is 904. The lowest BCUT2D eigenvalue weighted by Crippen LogP contribution is -2.37. The van der Waals surface area contributed by atoms with Crippen LogP contribution in [0.25, 0.3) is 0 Å². The monoisotopic (exact) mass is 384 g/mol. The van der Waals surface area contributed by atoms with Crippen molar-refractivity contribution in [3.63, 3.8) is 0 Å². The maximum absolute atomic E-state index is 12.3. The minimum absolute atomic E-state index is 0.109. The Morgan fingerprint density at radius 2 is 1.88 bits per heavy atom. The van der Waals surface area contributed by atoms with Crippen LogP contribution in [-0.4, -0.2) is 35.7 Å². The number of hydrogen-bond donors (Lipinski definition) is 1. The van der Waals surface area contributed by atoms with Crippen molar-refractivity contribution in [2.45, 2.75) is 24.2 Å². The molecule has 9 heteroatoms. The van der Waals surface area contributed by atoms with Crippen molar-refractivity contribution in [2.24, 2.45) is 0 Å². The molecule has 1 aromatic heterocycles. The Morgan fingerprint density at radius 1 is 1.12 bits per heavy atom. The standard InChI is InChI=1S/C16H20N2O5S2/c19-24(20)12-2-1-10-18(24)15-3-5-16(6-4-15)25(21,22)17-9-7-14-8-11-23-13-14/h3-6,8,11,13,17H,1-2,7,9-10,12H2. The number of benzene rings is 1. The molecule has 1 saturated heterocycles. The Balaban J connectivity index is 1.68. The van der Waals surface area contributed by atoms with E-state index in [0.717, 1.165) is 12.0 Å². The van der Waals surface area contributed by atoms with Gasteiger partial charge in [-0.2, -0.15) is 0 Å². The van der Waals surface area contributed by atoms with E-state index in [1.165, 1.54) is 34.8 Å². The van der Waals surface area contributed by atoms with E-state index in [4.69, 9.17) is 4.42 Å². The van der Waals surface area contributed by atoms with Crippen LogP contribution >= 0.6 is 0 Å². The van der Waals surface area contributed by atoms with Gasteiger partial charge in [0.15, 0.2) is 0 Å². The van der Waals surface area contributed by atoms with Crippen molar-refractivity contribution in [1.82, 2.24) is 4.72 Å². The predicted molar refractivity (Wildman–Crippen MR) is 94.4 cm³/mol. The molecule has 1 aromatic carbocycles. The molecule has 0 amide bonds. The highest BCUT2D eigenvalue weighted by atomic mass is 32.2. The van der Waals surface area contributed by atoms with E-state index in [9.17, 15) is 16.8 Å². The van der Waals surface area contributed by atoms with Gasteiger partial charge < -0.3 is 4.42 Å². The molecule has 3 rings (SSSR count). The maximum Gasteiger partial charge on any atom is 0.240 e. The Morgan fingerprint density at radius 3 is 2.52 bits per heavy atom. The number of furan rings is 1. The molecule has 0 radical (unpaired) electrons. The first kappa shape index (κ1) is 18.0. The molecule has 2 heterocycles. The van der Waals surface area contributed by atoms with Crippen molar-refractivity contribution in [3.05, 3.63) is 48.4 Å². The van der Waals surface area contributed by atoms with E-state index in [2.05, 4.69) is 4.72 Å². The van der Waals surface area contributed by atoms with Crippen molar-refractivity contribution in [2.75, 3.05) is 23.1 Å². The van der Waals surface area contributed by atoms with Crippen LogP contribution in [0.5, 0.6) is 0 Å². The molecule has 2 aromatic rings. The fraction of sp³-hybridized carbons (Fsp3) is 0.375. The van der Waals surface area contributed by atoms with Crippen molar-refractivity contribution >= 4 is 25.7 Å². The van der Waals surface area contributed by atoms with E-state index >= 15 is 0 Å². The van der Waals surface area contributed by atoms with Crippen LogP contribution in [0.15, 0.2) is 52.2 Å². The third kappa shape index (κ3) is 4.23. The largest absolute Gasteiger partial charge is 0.472 e. The molecule has 0 aliphatic carbocycles. The third-order valence-electron chi connectivity index (χ3n) is 4.07. The summed E-state index contributed by atoms with van der Waals surface area (Å²) in [5.41, 5.74) is 1.41. The van der Waals surface area contributed by atoms with Crippen molar-refractivity contribution < 1.29 is 21.3 Å². The van der Waals surface area contributed by atoms with E-state index in [-0.39, 0.29) is 17.2 Å². The highest BCUT2D eigenvalue weighted by Gasteiger charge is 2.26. The van der Waals surface area contributed by atoms with Crippen molar-refractivity contribution in [1.29, 1.82) is 0 Å². The summed E-state index contributed by atoms with van der Waals surface area (Å²) in [5.74, 6) is 0.128. The van der Waals surface area contributed by atoms with E-state index in [1.807, 2.05) is 0 Å². The van der Waals surface area contributed by atoms with Crippen LogP contribution in [0.1, 0.15) is 18.4 Å². The van der Waals surface area contributed by atoms with Crippen molar-refractivity contribution in [3.8, 4) is 0 Å². The normalized spacial score (nSPS) is 17.5. The van der Waals surface area contributed by atoms with Gasteiger partial charge in [0, 0.05) is 13.1 Å². The molecule has 0 atom stereocenters. The summed E-state index contributed by atoms with van der Waals surface area (Å²) in [4.78, 5) is 0.109. The second-order valence-corrected chi connectivity index (χ2v) is 9.65. The molecule has 136 valence electrons. The third-order valence-corrected chi connectivity index (χ3v) is 7.42. The van der Waals surface area contributed by atoms with Crippen LogP contribution in [0.4, 0.5) is 5.69 Å². The number of hydrogen-bond acceptors (Lipinski definition) is 5. The second-order valence-electron chi connectivity index (χ2n) is 5.87. The summed E-state index contributed by atoms with van der Waals surface area (Å²) in [5, 5.41) is 0. The SMILES string of the molecule is O=S(=O)(NCCc1ccoc1)c1ccc(N2CCCCS2(=O)=O)cc1. The van der Waals surface area contributed by atoms with Gasteiger partial charge in [0.1, 0.15) is 0 Å². The van der Waals surface area contributed by atoms with Gasteiger partial charge in [-0.3, -0.25) is 4.31 Å². The average molecular weight is 384 g/mol. The maximum atomic E-state index is 12.3. The fourth-order valence-electron chi connectivity index (χ4n) is 2.72. The molecule has 0 bridgehead atoms. The van der Waals surface area contributed by atoms with Gasteiger partial charge >= 0.3 is 0 Å². The summed E-state index contributed by atoms with van der Waals surface area (Å²) < 4.78 is 57.6. The minimum atomic E-state index is -3.64. The lowest BCUT2D eigenvalue weighted by Gasteiger charge is -2.28. The zero-order chi connectivity index (χ0) is 17.9. The molecule has 1 fully saturated rings. The molecule has 0 saturated carbocycles. The van der Waals surface area contributed by atoms with Crippen LogP contribution in [-0.2, 0) is 26.5 Å². The van der Waals surface area contributed by atoms with E-state index < -0.39 is 20.0 Å². The zero-order valence-corrected chi connectivity index (χ0v) is 15.2. The first-order chi connectivity index (χ1) is 11.9. The van der Waals surface area contributed by atoms with Gasteiger partial charge in [0.25, 0.3) is 0 Å². The highest BCUT2D eigenvalue weighted by Crippen LogP contribution is 2.24. The summed E-state index contributed by atoms with van der Waals surface area (Å²) in [6, 6.07) is 7.71. The van der Waals surface area contributed by atoms with E-state index in [0.29, 0.717) is 25.1 Å². The average Bonchev–Trinajstić information content (AvgIpc) is 3.08. The van der Waals surface area contributed by atoms with Gasteiger partial charge in [-0.05, 0) is 55.2 Å². The summed E-state index contributed by atoms with van der Waals surface area (Å²) >= 11 is 0. The topological polar surface area (TPSA) is 96.7 Å². The molecule has 25 heavy (non-hydrogen) atoms. The number of nitrogens with one attached hydrogen (secondary N) is 1. The molecule has 1 aliphatic heterocycles. The predicted octanol–water partition coefficient (Wildman–Crippen LogP) is 1.73. The summed E-state index contributed by atoms with van der Waals surface area (Å²) in [6.07, 6.45) is 5.10. The smallest absolute Gasteiger partial charge is 0.240 e. The van der Waals surface area contributed by atoms with Crippen LogP contribution in [0, 0.1) is 0 Å². The molecule has 0 unspecified atom stereocenters. The van der Waals surface area contributed by atoms with E-state index in [1.54, 1.807) is 12.3 Å². The van der Waals surface area contributed by atoms with Gasteiger partial charge in [0.05, 0.1) is 28.9 Å². The molecule has 7 nitrogen and oxygen atoms in total. The molecule has 0 spiro atoms. The van der Waals surface area contributed by atoms with Crippen LogP contribution in [0.2, 0.25) is 0 Å². The second kappa shape index (κ2) is 7.19. The molecular weight excluding hydrogens is 364 g/mol. The Kier molecular flexibility index (Phi) is 5.16. The Labute approximate surface area is 147 Å². The zero-order valence-electron chi connectivity index (χ0n) is 13.6. The first-order valence-electron chi connectivity index (χ1n) is 8.00. The van der Waals surface area contributed by atoms with Gasteiger partial charge in [-0.1, -0.05) is 0 Å². The number of anilines is 1. The quantitative estimate of drug-likeness (QED) is 0.818. The number of rotatable bonds is 6. The van der Waals surface area contributed by atoms with Gasteiger partial charge in [-0.25, -0.2) is 21.6 Å². The molecule has 1 N–H and O–H groups in total. The first-order valence-corrected chi connectivity index (χ1v) is 11.1. The highest BCUT2D eigenvalue weighted by molar-refractivity contribution is 7.92. The minimum Gasteiger partial charge on any atom is -0.472 e. The lowest BCUT2D eigenvalue weighted by atomic mass is 10.2. The molecular formula is C16H20N2O5S2. The fourth-order valence-corrected chi connectivity index (χ4v) is 5.39. The van der Waals surface area contributed by atoms with Gasteiger partial charge in [-0.15, -0.1) is 0 Å². The van der Waals surface area contributed by atoms with Gasteiger partial charge in [0.2, 0.25) is 20.0 Å². The van der Waals surface area contributed by atoms with Crippen LogP contribution < -0.4 is 9.03 Å².